The van der Waals surface area contributed by atoms with Crippen LogP contribution in [0.1, 0.15) is 44.8 Å². The van der Waals surface area contributed by atoms with Crippen molar-refractivity contribution < 1.29 is 13.9 Å². The summed E-state index contributed by atoms with van der Waals surface area (Å²) in [6.45, 7) is 4.21. The van der Waals surface area contributed by atoms with Crippen molar-refractivity contribution >= 4 is 0 Å². The van der Waals surface area contributed by atoms with Crippen LogP contribution in [0.4, 0.5) is 8.78 Å². The van der Waals surface area contributed by atoms with E-state index in [-0.39, 0.29) is 0 Å². The molecule has 1 aromatic rings. The van der Waals surface area contributed by atoms with Gasteiger partial charge in [0.25, 0.3) is 0 Å². The van der Waals surface area contributed by atoms with Crippen molar-refractivity contribution in [2.75, 3.05) is 0 Å². The molecule has 0 spiro atoms. The first-order valence-electron chi connectivity index (χ1n) is 5.63. The van der Waals surface area contributed by atoms with Crippen LogP contribution in [0.15, 0.2) is 18.2 Å². The van der Waals surface area contributed by atoms with Crippen LogP contribution in [0.3, 0.4) is 0 Å². The highest BCUT2D eigenvalue weighted by atomic mass is 19.1. The van der Waals surface area contributed by atoms with Gasteiger partial charge in [-0.3, -0.25) is 0 Å². The zero-order chi connectivity index (χ0) is 12.1. The monoisotopic (exact) mass is 228 g/mol. The Labute approximate surface area is 95.1 Å². The van der Waals surface area contributed by atoms with E-state index in [0.29, 0.717) is 17.9 Å². The van der Waals surface area contributed by atoms with E-state index in [4.69, 9.17) is 0 Å². The van der Waals surface area contributed by atoms with Gasteiger partial charge in [-0.05, 0) is 30.0 Å². The van der Waals surface area contributed by atoms with Crippen molar-refractivity contribution in [3.8, 4) is 0 Å². The maximum atomic E-state index is 12.9. The average Bonchev–Trinajstić information content (AvgIpc) is 2.15. The van der Waals surface area contributed by atoms with Gasteiger partial charge in [0.15, 0.2) is 0 Å². The maximum Gasteiger partial charge on any atom is 0.126 e. The Kier molecular flexibility index (Phi) is 4.87. The molecule has 1 atom stereocenters. The summed E-state index contributed by atoms with van der Waals surface area (Å²) in [5.41, 5.74) is 0.321. The van der Waals surface area contributed by atoms with Crippen LogP contribution >= 0.6 is 0 Å². The number of hydrogen-bond donors (Lipinski definition) is 1. The summed E-state index contributed by atoms with van der Waals surface area (Å²) in [5.74, 6) is -0.702. The van der Waals surface area contributed by atoms with E-state index in [1.165, 1.54) is 12.1 Å². The highest BCUT2D eigenvalue weighted by Crippen LogP contribution is 2.22. The SMILES string of the molecule is CC(C)CCCC(O)c1cc(F)cc(F)c1. The fourth-order valence-corrected chi connectivity index (χ4v) is 1.65. The van der Waals surface area contributed by atoms with Gasteiger partial charge in [-0.15, -0.1) is 0 Å². The van der Waals surface area contributed by atoms with Crippen molar-refractivity contribution in [1.29, 1.82) is 0 Å². The normalized spacial score (nSPS) is 13.1. The molecule has 0 saturated carbocycles. The third-order valence-corrected chi connectivity index (χ3v) is 2.53. The Morgan fingerprint density at radius 1 is 1.06 bits per heavy atom. The van der Waals surface area contributed by atoms with Crippen molar-refractivity contribution in [3.63, 3.8) is 0 Å². The second-order valence-electron chi connectivity index (χ2n) is 4.54. The molecule has 90 valence electrons. The Morgan fingerprint density at radius 2 is 1.62 bits per heavy atom. The summed E-state index contributed by atoms with van der Waals surface area (Å²) in [5, 5.41) is 9.75. The molecular formula is C13H18F2O. The molecule has 0 radical (unpaired) electrons. The predicted octanol–water partition coefficient (Wildman–Crippen LogP) is 3.82. The van der Waals surface area contributed by atoms with Crippen LogP contribution in [0.5, 0.6) is 0 Å². The molecule has 0 amide bonds. The molecule has 1 nitrogen and oxygen atoms in total. The van der Waals surface area contributed by atoms with Gasteiger partial charge in [-0.2, -0.15) is 0 Å². The number of aliphatic hydroxyl groups excluding tert-OH is 1. The molecule has 0 heterocycles. The summed E-state index contributed by atoms with van der Waals surface area (Å²) in [4.78, 5) is 0. The van der Waals surface area contributed by atoms with Crippen LogP contribution < -0.4 is 0 Å². The second-order valence-corrected chi connectivity index (χ2v) is 4.54. The van der Waals surface area contributed by atoms with E-state index in [2.05, 4.69) is 13.8 Å². The lowest BCUT2D eigenvalue weighted by atomic mass is 10.00. The fourth-order valence-electron chi connectivity index (χ4n) is 1.65. The lowest BCUT2D eigenvalue weighted by Crippen LogP contribution is -2.00. The standard InChI is InChI=1S/C13H18F2O/c1-9(2)4-3-5-13(16)10-6-11(14)8-12(15)7-10/h6-9,13,16H,3-5H2,1-2H3. The van der Waals surface area contributed by atoms with E-state index in [1.54, 1.807) is 0 Å². The van der Waals surface area contributed by atoms with Gasteiger partial charge in [-0.1, -0.05) is 26.7 Å². The van der Waals surface area contributed by atoms with Gasteiger partial charge in [-0.25, -0.2) is 8.78 Å². The highest BCUT2D eigenvalue weighted by molar-refractivity contribution is 5.20. The smallest absolute Gasteiger partial charge is 0.126 e. The van der Waals surface area contributed by atoms with Crippen LogP contribution in [0, 0.1) is 17.6 Å². The molecule has 1 rings (SSSR count). The Hall–Kier alpha value is -0.960. The molecule has 0 saturated heterocycles. The van der Waals surface area contributed by atoms with E-state index in [9.17, 15) is 13.9 Å². The number of hydrogen-bond acceptors (Lipinski definition) is 1. The summed E-state index contributed by atoms with van der Waals surface area (Å²) in [6, 6.07) is 3.18. The first-order chi connectivity index (χ1) is 7.49. The average molecular weight is 228 g/mol. The molecule has 0 aromatic heterocycles. The summed E-state index contributed by atoms with van der Waals surface area (Å²) in [6.07, 6.45) is 1.64. The van der Waals surface area contributed by atoms with Gasteiger partial charge < -0.3 is 5.11 Å². The Morgan fingerprint density at radius 3 is 2.12 bits per heavy atom. The first-order valence-corrected chi connectivity index (χ1v) is 5.63. The molecule has 0 aliphatic heterocycles. The number of rotatable bonds is 5. The third kappa shape index (κ3) is 4.27. The second kappa shape index (κ2) is 5.94. The van der Waals surface area contributed by atoms with Crippen molar-refractivity contribution in [3.05, 3.63) is 35.4 Å². The lowest BCUT2D eigenvalue weighted by Gasteiger charge is -2.12. The number of benzene rings is 1. The van der Waals surface area contributed by atoms with Gasteiger partial charge in [0.1, 0.15) is 11.6 Å². The van der Waals surface area contributed by atoms with Crippen molar-refractivity contribution in [2.24, 2.45) is 5.92 Å². The minimum atomic E-state index is -0.774. The number of halogens is 2. The van der Waals surface area contributed by atoms with Crippen molar-refractivity contribution in [2.45, 2.75) is 39.2 Å². The van der Waals surface area contributed by atoms with E-state index >= 15 is 0 Å². The largest absolute Gasteiger partial charge is 0.388 e. The van der Waals surface area contributed by atoms with Gasteiger partial charge in [0, 0.05) is 6.07 Å². The zero-order valence-electron chi connectivity index (χ0n) is 9.71. The summed E-state index contributed by atoms with van der Waals surface area (Å²) in [7, 11) is 0. The molecule has 1 unspecified atom stereocenters. The molecule has 1 N–H and O–H groups in total. The van der Waals surface area contributed by atoms with Gasteiger partial charge >= 0.3 is 0 Å². The number of aliphatic hydroxyl groups is 1. The first kappa shape index (κ1) is 13.1. The molecule has 0 aliphatic rings. The molecule has 0 aliphatic carbocycles. The van der Waals surface area contributed by atoms with Gasteiger partial charge in [0.05, 0.1) is 6.10 Å². The Balaban J connectivity index is 2.55. The van der Waals surface area contributed by atoms with E-state index in [1.807, 2.05) is 0 Å². The minimum absolute atomic E-state index is 0.321. The molecule has 3 heteroatoms. The van der Waals surface area contributed by atoms with Crippen molar-refractivity contribution in [1.82, 2.24) is 0 Å². The fraction of sp³-hybridized carbons (Fsp3) is 0.538. The van der Waals surface area contributed by atoms with E-state index < -0.39 is 17.7 Å². The molecule has 0 bridgehead atoms. The Bertz CT molecular complexity index is 316. The summed E-state index contributed by atoms with van der Waals surface area (Å²) >= 11 is 0. The molecule has 0 fully saturated rings. The van der Waals surface area contributed by atoms with Crippen LogP contribution in [0.2, 0.25) is 0 Å². The topological polar surface area (TPSA) is 20.2 Å². The van der Waals surface area contributed by atoms with Crippen LogP contribution in [-0.2, 0) is 0 Å². The summed E-state index contributed by atoms with van der Waals surface area (Å²) < 4.78 is 25.8. The lowest BCUT2D eigenvalue weighted by molar-refractivity contribution is 0.161. The van der Waals surface area contributed by atoms with Crippen LogP contribution in [-0.4, -0.2) is 5.11 Å². The minimum Gasteiger partial charge on any atom is -0.388 e. The maximum absolute atomic E-state index is 12.9. The van der Waals surface area contributed by atoms with E-state index in [0.717, 1.165) is 18.9 Å². The molecule has 1 aromatic carbocycles. The zero-order valence-corrected chi connectivity index (χ0v) is 9.71. The highest BCUT2D eigenvalue weighted by Gasteiger charge is 2.10. The van der Waals surface area contributed by atoms with Crippen LogP contribution in [0.25, 0.3) is 0 Å². The molecule has 16 heavy (non-hydrogen) atoms. The quantitative estimate of drug-likeness (QED) is 0.812. The third-order valence-electron chi connectivity index (χ3n) is 2.53. The predicted molar refractivity (Wildman–Crippen MR) is 60.0 cm³/mol. The molecular weight excluding hydrogens is 210 g/mol. The van der Waals surface area contributed by atoms with Gasteiger partial charge in [0.2, 0.25) is 0 Å².